The number of carbonyl (C=O) groups is 2. The monoisotopic (exact) mass is 497 g/mol. The van der Waals surface area contributed by atoms with Crippen LogP contribution in [0.25, 0.3) is 5.69 Å². The van der Waals surface area contributed by atoms with E-state index in [0.29, 0.717) is 48.3 Å². The Labute approximate surface area is 207 Å². The summed E-state index contributed by atoms with van der Waals surface area (Å²) in [6.45, 7) is 5.19. The lowest BCUT2D eigenvalue weighted by Crippen LogP contribution is -2.36. The molecule has 10 heteroatoms. The van der Waals surface area contributed by atoms with E-state index >= 15 is 0 Å². The molecule has 0 atom stereocenters. The number of rotatable bonds is 7. The highest BCUT2D eigenvalue weighted by molar-refractivity contribution is 6.30. The average molecular weight is 498 g/mol. The predicted octanol–water partition coefficient (Wildman–Crippen LogP) is 4.53. The minimum absolute atomic E-state index is 0.00754. The van der Waals surface area contributed by atoms with Crippen LogP contribution in [0.1, 0.15) is 32.1 Å². The molecular weight excluding hydrogens is 474 g/mol. The number of anilines is 1. The molecule has 0 bridgehead atoms. The summed E-state index contributed by atoms with van der Waals surface area (Å²) in [6, 6.07) is 13.2. The Morgan fingerprint density at radius 3 is 2.43 bits per heavy atom. The van der Waals surface area contributed by atoms with Gasteiger partial charge >= 0.3 is 5.97 Å². The molecule has 182 valence electrons. The molecule has 9 nitrogen and oxygen atoms in total. The zero-order chi connectivity index (χ0) is 25.1. The van der Waals surface area contributed by atoms with E-state index in [1.54, 1.807) is 18.2 Å². The van der Waals surface area contributed by atoms with Gasteiger partial charge in [0.25, 0.3) is 5.69 Å². The normalized spacial score (nSPS) is 13.5. The van der Waals surface area contributed by atoms with Crippen LogP contribution in [0.4, 0.5) is 11.4 Å². The van der Waals surface area contributed by atoms with Gasteiger partial charge in [-0.1, -0.05) is 11.6 Å². The summed E-state index contributed by atoms with van der Waals surface area (Å²) in [6.07, 6.45) is 0. The number of ketones is 1. The van der Waals surface area contributed by atoms with Gasteiger partial charge in [-0.05, 0) is 56.3 Å². The SMILES string of the molecule is Cc1cc(C(=O)COC(=O)c2ccc(N3CCOCC3)c([N+](=O)[O-])c2)c(C)n1-c1ccc(Cl)cc1. The van der Waals surface area contributed by atoms with Gasteiger partial charge < -0.3 is 18.9 Å². The number of aryl methyl sites for hydroxylation is 1. The lowest BCUT2D eigenvalue weighted by Gasteiger charge is -2.28. The summed E-state index contributed by atoms with van der Waals surface area (Å²) in [7, 11) is 0. The molecule has 2 heterocycles. The highest BCUT2D eigenvalue weighted by Crippen LogP contribution is 2.30. The maximum atomic E-state index is 12.8. The number of halogens is 1. The van der Waals surface area contributed by atoms with Gasteiger partial charge in [-0.15, -0.1) is 0 Å². The fourth-order valence-electron chi connectivity index (χ4n) is 4.19. The third kappa shape index (κ3) is 5.21. The highest BCUT2D eigenvalue weighted by atomic mass is 35.5. The zero-order valence-electron chi connectivity index (χ0n) is 19.3. The summed E-state index contributed by atoms with van der Waals surface area (Å²) in [5.41, 5.74) is 3.06. The number of hydrogen-bond donors (Lipinski definition) is 0. The molecule has 4 rings (SSSR count). The Bertz CT molecular complexity index is 1280. The van der Waals surface area contributed by atoms with Crippen molar-refractivity contribution < 1.29 is 24.0 Å². The topological polar surface area (TPSA) is 104 Å². The number of nitro groups is 1. The van der Waals surface area contributed by atoms with Crippen molar-refractivity contribution >= 4 is 34.7 Å². The number of benzene rings is 2. The van der Waals surface area contributed by atoms with Gasteiger partial charge in [-0.2, -0.15) is 0 Å². The first-order valence-corrected chi connectivity index (χ1v) is 11.4. The Morgan fingerprint density at radius 1 is 1.09 bits per heavy atom. The maximum absolute atomic E-state index is 12.8. The molecule has 35 heavy (non-hydrogen) atoms. The Kier molecular flexibility index (Phi) is 7.18. The molecule has 1 saturated heterocycles. The molecule has 0 radical (unpaired) electrons. The number of Topliss-reactive ketones (excluding diaryl/α,β-unsaturated/α-hetero) is 1. The molecule has 1 aliphatic heterocycles. The predicted molar refractivity (Wildman–Crippen MR) is 131 cm³/mol. The van der Waals surface area contributed by atoms with Crippen molar-refractivity contribution in [3.63, 3.8) is 0 Å². The molecule has 0 N–H and O–H groups in total. The second-order valence-electron chi connectivity index (χ2n) is 8.16. The van der Waals surface area contributed by atoms with E-state index < -0.39 is 17.5 Å². The van der Waals surface area contributed by atoms with Crippen molar-refractivity contribution in [2.75, 3.05) is 37.8 Å². The van der Waals surface area contributed by atoms with Crippen LogP contribution in [0.5, 0.6) is 0 Å². The lowest BCUT2D eigenvalue weighted by atomic mass is 10.1. The second kappa shape index (κ2) is 10.3. The standard InChI is InChI=1S/C25H24ClN3O6/c1-16-13-21(17(2)28(16)20-6-4-19(26)5-7-20)24(30)15-35-25(31)18-3-8-22(23(14-18)29(32)33)27-9-11-34-12-10-27/h3-8,13-14H,9-12,15H2,1-2H3. The molecule has 1 aromatic heterocycles. The fraction of sp³-hybridized carbons (Fsp3) is 0.280. The number of aromatic nitrogens is 1. The van der Waals surface area contributed by atoms with E-state index in [1.165, 1.54) is 18.2 Å². The van der Waals surface area contributed by atoms with Crippen molar-refractivity contribution in [2.45, 2.75) is 13.8 Å². The Morgan fingerprint density at radius 2 is 1.77 bits per heavy atom. The first kappa shape index (κ1) is 24.4. The molecule has 3 aromatic rings. The first-order chi connectivity index (χ1) is 16.8. The number of ether oxygens (including phenoxy) is 2. The molecular formula is C25H24ClN3O6. The number of hydrogen-bond acceptors (Lipinski definition) is 7. The maximum Gasteiger partial charge on any atom is 0.338 e. The van der Waals surface area contributed by atoms with E-state index in [4.69, 9.17) is 21.1 Å². The minimum atomic E-state index is -0.804. The van der Waals surface area contributed by atoms with E-state index in [2.05, 4.69) is 0 Å². The van der Waals surface area contributed by atoms with Gasteiger partial charge in [-0.25, -0.2) is 4.79 Å². The van der Waals surface area contributed by atoms with Crippen molar-refractivity contribution in [3.8, 4) is 5.69 Å². The summed E-state index contributed by atoms with van der Waals surface area (Å²) in [5.74, 6) is -1.17. The summed E-state index contributed by atoms with van der Waals surface area (Å²) in [5, 5.41) is 12.2. The van der Waals surface area contributed by atoms with Crippen LogP contribution in [0.3, 0.4) is 0 Å². The van der Waals surface area contributed by atoms with Crippen molar-refractivity contribution in [3.05, 3.63) is 86.2 Å². The van der Waals surface area contributed by atoms with Gasteiger partial charge in [-0.3, -0.25) is 14.9 Å². The third-order valence-electron chi connectivity index (χ3n) is 5.91. The third-order valence-corrected chi connectivity index (χ3v) is 6.16. The summed E-state index contributed by atoms with van der Waals surface area (Å²) < 4.78 is 12.4. The van der Waals surface area contributed by atoms with E-state index in [9.17, 15) is 19.7 Å². The van der Waals surface area contributed by atoms with Gasteiger partial charge in [0.2, 0.25) is 5.78 Å². The van der Waals surface area contributed by atoms with Crippen LogP contribution in [0.2, 0.25) is 5.02 Å². The van der Waals surface area contributed by atoms with E-state index in [-0.39, 0.29) is 17.0 Å². The van der Waals surface area contributed by atoms with Crippen LogP contribution in [-0.2, 0) is 9.47 Å². The molecule has 0 spiro atoms. The van der Waals surface area contributed by atoms with E-state index in [0.717, 1.165) is 11.4 Å². The minimum Gasteiger partial charge on any atom is -0.454 e. The molecule has 2 aromatic carbocycles. The first-order valence-electron chi connectivity index (χ1n) is 11.0. The Balaban J connectivity index is 1.48. The quantitative estimate of drug-likeness (QED) is 0.204. The molecule has 1 fully saturated rings. The number of esters is 1. The molecule has 0 aliphatic carbocycles. The largest absolute Gasteiger partial charge is 0.454 e. The average Bonchev–Trinajstić information content (AvgIpc) is 3.16. The number of nitro benzene ring substituents is 1. The molecule has 0 saturated carbocycles. The van der Waals surface area contributed by atoms with Gasteiger partial charge in [0.15, 0.2) is 6.61 Å². The van der Waals surface area contributed by atoms with Crippen LogP contribution in [0.15, 0.2) is 48.5 Å². The highest BCUT2D eigenvalue weighted by Gasteiger charge is 2.24. The Hall–Kier alpha value is -3.69. The smallest absolute Gasteiger partial charge is 0.338 e. The van der Waals surface area contributed by atoms with E-state index in [1.807, 2.05) is 35.4 Å². The second-order valence-corrected chi connectivity index (χ2v) is 8.59. The molecule has 0 amide bonds. The van der Waals surface area contributed by atoms with Crippen LogP contribution < -0.4 is 4.90 Å². The van der Waals surface area contributed by atoms with Crippen LogP contribution in [-0.4, -0.2) is 54.2 Å². The number of carbonyl (C=O) groups excluding carboxylic acids is 2. The van der Waals surface area contributed by atoms with Crippen molar-refractivity contribution in [1.82, 2.24) is 4.57 Å². The van der Waals surface area contributed by atoms with Crippen LogP contribution >= 0.6 is 11.6 Å². The molecule has 0 unspecified atom stereocenters. The van der Waals surface area contributed by atoms with Gasteiger partial charge in [0, 0.05) is 46.8 Å². The molecule has 1 aliphatic rings. The summed E-state index contributed by atoms with van der Waals surface area (Å²) >= 11 is 5.97. The van der Waals surface area contributed by atoms with Crippen LogP contribution in [0, 0.1) is 24.0 Å². The lowest BCUT2D eigenvalue weighted by molar-refractivity contribution is -0.384. The summed E-state index contributed by atoms with van der Waals surface area (Å²) in [4.78, 5) is 38.4. The van der Waals surface area contributed by atoms with Crippen molar-refractivity contribution in [2.24, 2.45) is 0 Å². The number of nitrogens with zero attached hydrogens (tertiary/aromatic N) is 3. The van der Waals surface area contributed by atoms with Crippen molar-refractivity contribution in [1.29, 1.82) is 0 Å². The fourth-order valence-corrected chi connectivity index (χ4v) is 4.32. The van der Waals surface area contributed by atoms with Gasteiger partial charge in [0.05, 0.1) is 23.7 Å². The zero-order valence-corrected chi connectivity index (χ0v) is 20.1. The number of morpholine rings is 1. The van der Waals surface area contributed by atoms with Gasteiger partial charge in [0.1, 0.15) is 5.69 Å².